The number of halogens is 2. The van der Waals surface area contributed by atoms with Gasteiger partial charge in [-0.2, -0.15) is 8.78 Å². The van der Waals surface area contributed by atoms with E-state index in [9.17, 15) is 8.78 Å². The summed E-state index contributed by atoms with van der Waals surface area (Å²) in [5.74, 6) is 1.01. The van der Waals surface area contributed by atoms with Crippen LogP contribution in [0.4, 0.5) is 14.5 Å². The maximum absolute atomic E-state index is 12.3. The normalized spacial score (nSPS) is 24.2. The molecule has 3 rings (SSSR count). The fraction of sp³-hybridized carbons (Fsp3) is 0.667. The Kier molecular flexibility index (Phi) is 8.09. The van der Waals surface area contributed by atoms with Crippen molar-refractivity contribution in [3.05, 3.63) is 24.3 Å². The van der Waals surface area contributed by atoms with Crippen LogP contribution in [0.3, 0.4) is 0 Å². The van der Waals surface area contributed by atoms with Crippen LogP contribution in [0.2, 0.25) is 0 Å². The lowest BCUT2D eigenvalue weighted by Gasteiger charge is -2.38. The molecule has 2 aliphatic rings. The van der Waals surface area contributed by atoms with E-state index >= 15 is 0 Å². The second-order valence-corrected chi connectivity index (χ2v) is 8.15. The highest BCUT2D eigenvalue weighted by atomic mass is 19.3. The summed E-state index contributed by atoms with van der Waals surface area (Å²) in [7, 11) is 6.14. The van der Waals surface area contributed by atoms with Crippen molar-refractivity contribution in [2.24, 2.45) is 4.99 Å². The van der Waals surface area contributed by atoms with Crippen molar-refractivity contribution in [3.8, 4) is 5.75 Å². The lowest BCUT2D eigenvalue weighted by Crippen LogP contribution is -2.57. The summed E-state index contributed by atoms with van der Waals surface area (Å²) < 4.78 is 29.1. The number of likely N-dealkylation sites (N-methyl/N-ethyl adjacent to an activating group) is 2. The minimum absolute atomic E-state index is 0.184. The average molecular weight is 425 g/mol. The van der Waals surface area contributed by atoms with E-state index in [0.29, 0.717) is 6.04 Å². The van der Waals surface area contributed by atoms with E-state index in [1.807, 2.05) is 12.1 Å². The first-order chi connectivity index (χ1) is 14.4. The highest BCUT2D eigenvalue weighted by molar-refractivity contribution is 5.80. The van der Waals surface area contributed by atoms with Crippen LogP contribution in [0.15, 0.2) is 29.3 Å². The molecule has 2 atom stereocenters. The minimum Gasteiger partial charge on any atom is -0.435 e. The Morgan fingerprint density at radius 1 is 1.17 bits per heavy atom. The zero-order valence-corrected chi connectivity index (χ0v) is 18.2. The van der Waals surface area contributed by atoms with E-state index in [0.717, 1.165) is 63.8 Å². The number of alkyl halides is 2. The summed E-state index contributed by atoms with van der Waals surface area (Å²) in [6, 6.07) is 7.59. The molecule has 2 unspecified atom stereocenters. The van der Waals surface area contributed by atoms with E-state index in [4.69, 9.17) is 0 Å². The molecule has 0 bridgehead atoms. The maximum Gasteiger partial charge on any atom is 0.387 e. The van der Waals surface area contributed by atoms with Crippen LogP contribution in [-0.2, 0) is 0 Å². The van der Waals surface area contributed by atoms with Gasteiger partial charge in [-0.1, -0.05) is 0 Å². The second-order valence-electron chi connectivity index (χ2n) is 8.15. The Morgan fingerprint density at radius 3 is 2.63 bits per heavy atom. The van der Waals surface area contributed by atoms with Gasteiger partial charge in [-0.25, -0.2) is 0 Å². The van der Waals surface area contributed by atoms with Gasteiger partial charge in [-0.3, -0.25) is 9.89 Å². The molecule has 1 aromatic carbocycles. The molecule has 1 aromatic rings. The van der Waals surface area contributed by atoms with Gasteiger partial charge in [0, 0.05) is 64.1 Å². The quantitative estimate of drug-likeness (QED) is 0.535. The van der Waals surface area contributed by atoms with E-state index in [1.54, 1.807) is 19.2 Å². The first-order valence-electron chi connectivity index (χ1n) is 10.6. The number of aliphatic imine (C=N–C) groups is 1. The highest BCUT2D eigenvalue weighted by Crippen LogP contribution is 2.23. The summed E-state index contributed by atoms with van der Waals surface area (Å²) >= 11 is 0. The summed E-state index contributed by atoms with van der Waals surface area (Å²) in [4.78, 5) is 11.4. The topological polar surface area (TPSA) is 55.4 Å². The third kappa shape index (κ3) is 6.43. The van der Waals surface area contributed by atoms with Gasteiger partial charge < -0.3 is 25.2 Å². The standard InChI is InChI=1S/C21H34F2N6O/c1-24-21(25-13-18-15-27(2)11-12-28(18)3)26-16-5-4-10-29(14-16)17-6-8-19(9-7-17)30-20(22)23/h6-9,16,18,20H,4-5,10-15H2,1-3H3,(H2,24,25,26). The molecular weight excluding hydrogens is 390 g/mol. The van der Waals surface area contributed by atoms with Gasteiger partial charge in [0.05, 0.1) is 0 Å². The Morgan fingerprint density at radius 2 is 1.93 bits per heavy atom. The summed E-state index contributed by atoms with van der Waals surface area (Å²) in [6.45, 7) is 3.06. The first-order valence-corrected chi connectivity index (χ1v) is 10.6. The fourth-order valence-electron chi connectivity index (χ4n) is 4.09. The minimum atomic E-state index is -2.80. The van der Waals surface area contributed by atoms with Crippen molar-refractivity contribution < 1.29 is 13.5 Å². The Bertz CT molecular complexity index is 687. The first kappa shape index (κ1) is 22.6. The molecule has 0 aromatic heterocycles. The monoisotopic (exact) mass is 424 g/mol. The van der Waals surface area contributed by atoms with Gasteiger partial charge in [-0.05, 0) is 51.2 Å². The second kappa shape index (κ2) is 10.8. The van der Waals surface area contributed by atoms with Gasteiger partial charge >= 0.3 is 6.61 Å². The number of nitrogens with zero attached hydrogens (tertiary/aromatic N) is 4. The number of piperazine rings is 1. The molecule has 7 nitrogen and oxygen atoms in total. The molecule has 2 aliphatic heterocycles. The fourth-order valence-corrected chi connectivity index (χ4v) is 4.09. The number of hydrogen-bond donors (Lipinski definition) is 2. The molecule has 0 saturated carbocycles. The van der Waals surface area contributed by atoms with Crippen molar-refractivity contribution in [1.82, 2.24) is 20.4 Å². The zero-order chi connectivity index (χ0) is 21.5. The smallest absolute Gasteiger partial charge is 0.387 e. The average Bonchev–Trinajstić information content (AvgIpc) is 2.73. The molecule has 2 fully saturated rings. The lowest BCUT2D eigenvalue weighted by molar-refractivity contribution is -0.0498. The van der Waals surface area contributed by atoms with Crippen molar-refractivity contribution in [3.63, 3.8) is 0 Å². The van der Waals surface area contributed by atoms with Crippen LogP contribution in [-0.4, -0.2) is 94.9 Å². The van der Waals surface area contributed by atoms with Crippen LogP contribution in [0, 0.1) is 0 Å². The molecule has 0 aliphatic carbocycles. The third-order valence-electron chi connectivity index (χ3n) is 5.90. The Hall–Kier alpha value is -2.13. The molecule has 2 N–H and O–H groups in total. The number of nitrogens with one attached hydrogen (secondary N) is 2. The largest absolute Gasteiger partial charge is 0.435 e. The van der Waals surface area contributed by atoms with Gasteiger partial charge in [0.1, 0.15) is 5.75 Å². The number of benzene rings is 1. The third-order valence-corrected chi connectivity index (χ3v) is 5.90. The van der Waals surface area contributed by atoms with Crippen molar-refractivity contribution in [2.45, 2.75) is 31.5 Å². The molecule has 9 heteroatoms. The molecular formula is C21H34F2N6O. The Labute approximate surface area is 178 Å². The van der Waals surface area contributed by atoms with E-state index in [2.05, 4.69) is 49.2 Å². The summed E-state index contributed by atoms with van der Waals surface area (Å²) in [5, 5.41) is 7.03. The van der Waals surface area contributed by atoms with Gasteiger partial charge in [0.25, 0.3) is 0 Å². The van der Waals surface area contributed by atoms with Crippen LogP contribution >= 0.6 is 0 Å². The molecule has 168 valence electrons. The summed E-state index contributed by atoms with van der Waals surface area (Å²) in [6.07, 6.45) is 2.12. The van der Waals surface area contributed by atoms with E-state index in [-0.39, 0.29) is 11.8 Å². The van der Waals surface area contributed by atoms with Crippen molar-refractivity contribution in [1.29, 1.82) is 0 Å². The predicted octanol–water partition coefficient (Wildman–Crippen LogP) is 1.67. The maximum atomic E-state index is 12.3. The highest BCUT2D eigenvalue weighted by Gasteiger charge is 2.24. The number of guanidine groups is 1. The lowest BCUT2D eigenvalue weighted by atomic mass is 10.0. The van der Waals surface area contributed by atoms with Crippen LogP contribution in [0.25, 0.3) is 0 Å². The molecule has 2 heterocycles. The van der Waals surface area contributed by atoms with Gasteiger partial charge in [0.2, 0.25) is 0 Å². The number of hydrogen-bond acceptors (Lipinski definition) is 5. The predicted molar refractivity (Wildman–Crippen MR) is 117 cm³/mol. The summed E-state index contributed by atoms with van der Waals surface area (Å²) in [5.41, 5.74) is 1.01. The molecule has 0 radical (unpaired) electrons. The van der Waals surface area contributed by atoms with Gasteiger partial charge in [0.15, 0.2) is 5.96 Å². The SMILES string of the molecule is CN=C(NCC1CN(C)CCN1C)NC1CCCN(c2ccc(OC(F)F)cc2)C1. The van der Waals surface area contributed by atoms with Gasteiger partial charge in [-0.15, -0.1) is 0 Å². The van der Waals surface area contributed by atoms with Crippen LogP contribution in [0.1, 0.15) is 12.8 Å². The number of piperidine rings is 1. The van der Waals surface area contributed by atoms with Crippen LogP contribution < -0.4 is 20.3 Å². The van der Waals surface area contributed by atoms with Crippen LogP contribution in [0.5, 0.6) is 5.75 Å². The molecule has 2 saturated heterocycles. The Balaban J connectivity index is 1.50. The number of rotatable bonds is 6. The zero-order valence-electron chi connectivity index (χ0n) is 18.2. The van der Waals surface area contributed by atoms with Crippen molar-refractivity contribution in [2.75, 3.05) is 65.3 Å². The van der Waals surface area contributed by atoms with E-state index in [1.165, 1.54) is 0 Å². The van der Waals surface area contributed by atoms with E-state index < -0.39 is 6.61 Å². The molecule has 30 heavy (non-hydrogen) atoms. The number of anilines is 1. The molecule has 0 spiro atoms. The number of ether oxygens (including phenoxy) is 1. The van der Waals surface area contributed by atoms with Crippen molar-refractivity contribution >= 4 is 11.6 Å². The molecule has 0 amide bonds.